The van der Waals surface area contributed by atoms with E-state index >= 15 is 0 Å². The number of hydrogen-bond donors (Lipinski definition) is 7. The average molecular weight is 528 g/mol. The van der Waals surface area contributed by atoms with Gasteiger partial charge in [-0.2, -0.15) is 0 Å². The third-order valence-electron chi connectivity index (χ3n) is 5.90. The molecular formula is C27H37N5O6. The molecule has 38 heavy (non-hydrogen) atoms. The van der Waals surface area contributed by atoms with Crippen LogP contribution in [0.25, 0.3) is 0 Å². The lowest BCUT2D eigenvalue weighted by Crippen LogP contribution is -2.57. The van der Waals surface area contributed by atoms with Crippen molar-refractivity contribution >= 4 is 23.7 Å². The lowest BCUT2D eigenvalue weighted by atomic mass is 10.0. The monoisotopic (exact) mass is 527 g/mol. The minimum Gasteiger partial charge on any atom is -0.508 e. The summed E-state index contributed by atoms with van der Waals surface area (Å²) in [5.74, 6) is -2.99. The number of phenols is 1. The highest BCUT2D eigenvalue weighted by atomic mass is 16.4. The molecule has 0 heterocycles. The molecule has 4 atom stereocenters. The third kappa shape index (κ3) is 10.2. The number of nitrogens with two attached hydrogens (primary N) is 2. The Morgan fingerprint density at radius 3 is 1.87 bits per heavy atom. The van der Waals surface area contributed by atoms with Crippen molar-refractivity contribution in [2.45, 2.75) is 63.2 Å². The highest BCUT2D eigenvalue weighted by Gasteiger charge is 2.30. The minimum atomic E-state index is -1.20. The van der Waals surface area contributed by atoms with Crippen molar-refractivity contribution in [1.82, 2.24) is 16.0 Å². The standard InChI is InChI=1S/C27H37N5O6/c1-17(29)24(34)31-22(15-19-10-12-20(33)13-11-19)26(36)30-21(9-5-6-14-28)25(35)32-23(27(37)38)16-18-7-3-2-4-8-18/h2-4,7-8,10-13,17,21-23,33H,5-6,9,14-16,28-29H2,1H3,(H,30,36)(H,31,34)(H,32,35)(H,37,38). The zero-order valence-corrected chi connectivity index (χ0v) is 21.4. The van der Waals surface area contributed by atoms with Gasteiger partial charge in [-0.3, -0.25) is 14.4 Å². The summed E-state index contributed by atoms with van der Waals surface area (Å²) in [6, 6.07) is 10.8. The van der Waals surface area contributed by atoms with E-state index < -0.39 is 47.9 Å². The molecule has 0 aliphatic rings. The second kappa shape index (κ2) is 15.3. The highest BCUT2D eigenvalue weighted by Crippen LogP contribution is 2.12. The molecule has 2 rings (SSSR count). The molecule has 11 nitrogen and oxygen atoms in total. The van der Waals surface area contributed by atoms with Crippen LogP contribution in [0.3, 0.4) is 0 Å². The Morgan fingerprint density at radius 1 is 0.763 bits per heavy atom. The number of hydrogen-bond acceptors (Lipinski definition) is 7. The van der Waals surface area contributed by atoms with E-state index in [9.17, 15) is 29.4 Å². The predicted molar refractivity (Wildman–Crippen MR) is 142 cm³/mol. The van der Waals surface area contributed by atoms with E-state index in [-0.39, 0.29) is 25.0 Å². The molecule has 3 amide bonds. The number of unbranched alkanes of at least 4 members (excludes halogenated alkanes) is 1. The fourth-order valence-corrected chi connectivity index (χ4v) is 3.74. The lowest BCUT2D eigenvalue weighted by Gasteiger charge is -2.25. The molecule has 2 aromatic rings. The van der Waals surface area contributed by atoms with E-state index in [1.165, 1.54) is 19.1 Å². The maximum absolute atomic E-state index is 13.3. The van der Waals surface area contributed by atoms with Crippen LogP contribution < -0.4 is 27.4 Å². The topological polar surface area (TPSA) is 197 Å². The number of aliphatic carboxylic acids is 1. The molecule has 206 valence electrons. The number of carbonyl (C=O) groups excluding carboxylic acids is 3. The summed E-state index contributed by atoms with van der Waals surface area (Å²) >= 11 is 0. The Bertz CT molecular complexity index is 1060. The number of carbonyl (C=O) groups is 4. The number of amides is 3. The summed E-state index contributed by atoms with van der Waals surface area (Å²) in [5, 5.41) is 27.0. The number of nitrogens with one attached hydrogen (secondary N) is 3. The van der Waals surface area contributed by atoms with Crippen LogP contribution in [0.2, 0.25) is 0 Å². The van der Waals surface area contributed by atoms with Crippen molar-refractivity contribution in [3.05, 3.63) is 65.7 Å². The van der Waals surface area contributed by atoms with Gasteiger partial charge in [0.05, 0.1) is 6.04 Å². The van der Waals surface area contributed by atoms with Crippen LogP contribution in [0.1, 0.15) is 37.3 Å². The first-order valence-corrected chi connectivity index (χ1v) is 12.5. The molecule has 0 spiro atoms. The van der Waals surface area contributed by atoms with Crippen LogP contribution in [0.5, 0.6) is 5.75 Å². The largest absolute Gasteiger partial charge is 0.508 e. The van der Waals surface area contributed by atoms with E-state index in [0.29, 0.717) is 24.9 Å². The number of rotatable bonds is 15. The van der Waals surface area contributed by atoms with Crippen molar-refractivity contribution in [2.75, 3.05) is 6.54 Å². The van der Waals surface area contributed by atoms with Gasteiger partial charge in [0.2, 0.25) is 17.7 Å². The van der Waals surface area contributed by atoms with Crippen LogP contribution in [0, 0.1) is 0 Å². The Hall–Kier alpha value is -3.96. The summed E-state index contributed by atoms with van der Waals surface area (Å²) in [7, 11) is 0. The number of benzene rings is 2. The van der Waals surface area contributed by atoms with Crippen LogP contribution in [0.15, 0.2) is 54.6 Å². The summed E-state index contributed by atoms with van der Waals surface area (Å²) in [4.78, 5) is 50.6. The van der Waals surface area contributed by atoms with Gasteiger partial charge in [-0.15, -0.1) is 0 Å². The van der Waals surface area contributed by atoms with E-state index in [0.717, 1.165) is 5.56 Å². The molecule has 2 aromatic carbocycles. The Kier molecular flexibility index (Phi) is 12.2. The number of carboxylic acid groups (broad SMARTS) is 1. The van der Waals surface area contributed by atoms with Crippen LogP contribution in [-0.4, -0.2) is 64.6 Å². The normalized spacial score (nSPS) is 14.0. The maximum atomic E-state index is 13.3. The van der Waals surface area contributed by atoms with Crippen molar-refractivity contribution in [1.29, 1.82) is 0 Å². The van der Waals surface area contributed by atoms with Gasteiger partial charge in [-0.1, -0.05) is 42.5 Å². The van der Waals surface area contributed by atoms with Gasteiger partial charge in [0.15, 0.2) is 0 Å². The van der Waals surface area contributed by atoms with Gasteiger partial charge in [-0.05, 0) is 56.0 Å². The molecule has 0 aliphatic heterocycles. The number of aromatic hydroxyl groups is 1. The molecule has 0 fully saturated rings. The van der Waals surface area contributed by atoms with Gasteiger partial charge >= 0.3 is 5.97 Å². The molecule has 0 aliphatic carbocycles. The summed E-state index contributed by atoms with van der Waals surface area (Å²) in [6.45, 7) is 1.87. The molecule has 0 saturated heterocycles. The molecule has 0 bridgehead atoms. The van der Waals surface area contributed by atoms with Crippen LogP contribution in [0.4, 0.5) is 0 Å². The minimum absolute atomic E-state index is 0.0505. The SMILES string of the molecule is CC(N)C(=O)NC(Cc1ccc(O)cc1)C(=O)NC(CCCCN)C(=O)NC(Cc1ccccc1)C(=O)O. The van der Waals surface area contributed by atoms with Gasteiger partial charge in [0, 0.05) is 12.8 Å². The zero-order valence-electron chi connectivity index (χ0n) is 21.4. The highest BCUT2D eigenvalue weighted by molar-refractivity contribution is 5.94. The van der Waals surface area contributed by atoms with Gasteiger partial charge < -0.3 is 37.6 Å². The van der Waals surface area contributed by atoms with Gasteiger partial charge in [0.25, 0.3) is 0 Å². The fourth-order valence-electron chi connectivity index (χ4n) is 3.74. The molecule has 11 heteroatoms. The smallest absolute Gasteiger partial charge is 0.326 e. The van der Waals surface area contributed by atoms with E-state index in [1.807, 2.05) is 0 Å². The van der Waals surface area contributed by atoms with Crippen molar-refractivity contribution in [3.8, 4) is 5.75 Å². The first kappa shape index (κ1) is 30.3. The van der Waals surface area contributed by atoms with Gasteiger partial charge in [0.1, 0.15) is 23.9 Å². The summed E-state index contributed by atoms with van der Waals surface area (Å²) in [6.07, 6.45) is 1.48. The van der Waals surface area contributed by atoms with Crippen molar-refractivity contribution < 1.29 is 29.4 Å². The van der Waals surface area contributed by atoms with E-state index in [1.54, 1.807) is 42.5 Å². The van der Waals surface area contributed by atoms with E-state index in [2.05, 4.69) is 16.0 Å². The van der Waals surface area contributed by atoms with Crippen molar-refractivity contribution in [2.24, 2.45) is 11.5 Å². The van der Waals surface area contributed by atoms with Crippen molar-refractivity contribution in [3.63, 3.8) is 0 Å². The van der Waals surface area contributed by atoms with Crippen LogP contribution >= 0.6 is 0 Å². The molecule has 0 saturated carbocycles. The second-order valence-electron chi connectivity index (χ2n) is 9.16. The molecular weight excluding hydrogens is 490 g/mol. The second-order valence-corrected chi connectivity index (χ2v) is 9.16. The fraction of sp³-hybridized carbons (Fsp3) is 0.407. The first-order valence-electron chi connectivity index (χ1n) is 12.5. The number of carboxylic acids is 1. The van der Waals surface area contributed by atoms with Gasteiger partial charge in [-0.25, -0.2) is 4.79 Å². The third-order valence-corrected chi connectivity index (χ3v) is 5.90. The molecule has 0 radical (unpaired) electrons. The quantitative estimate of drug-likeness (QED) is 0.159. The van der Waals surface area contributed by atoms with E-state index in [4.69, 9.17) is 11.5 Å². The zero-order chi connectivity index (χ0) is 28.1. The maximum Gasteiger partial charge on any atom is 0.326 e. The molecule has 4 unspecified atom stereocenters. The Balaban J connectivity index is 2.20. The Labute approximate surface area is 222 Å². The summed E-state index contributed by atoms with van der Waals surface area (Å²) in [5.41, 5.74) is 12.6. The Morgan fingerprint density at radius 2 is 1.29 bits per heavy atom. The molecule has 9 N–H and O–H groups in total. The predicted octanol–water partition coefficient (Wildman–Crippen LogP) is 0.193. The summed E-state index contributed by atoms with van der Waals surface area (Å²) < 4.78 is 0. The first-order chi connectivity index (χ1) is 18.1. The van der Waals surface area contributed by atoms with Crippen LogP contribution in [-0.2, 0) is 32.0 Å². The molecule has 0 aromatic heterocycles. The average Bonchev–Trinajstić information content (AvgIpc) is 2.88. The lowest BCUT2D eigenvalue weighted by molar-refractivity contribution is -0.142. The number of phenolic OH excluding ortho intramolecular Hbond substituents is 1.